The van der Waals surface area contributed by atoms with Crippen LogP contribution in [0.2, 0.25) is 5.02 Å². The van der Waals surface area contributed by atoms with Crippen molar-refractivity contribution in [3.63, 3.8) is 0 Å². The maximum atomic E-state index is 6.07. The molecule has 25 heavy (non-hydrogen) atoms. The zero-order chi connectivity index (χ0) is 17.2. The fourth-order valence-electron chi connectivity index (χ4n) is 3.96. The van der Waals surface area contributed by atoms with E-state index in [2.05, 4.69) is 35.0 Å². The molecule has 1 aliphatic carbocycles. The van der Waals surface area contributed by atoms with Crippen molar-refractivity contribution in [3.8, 4) is 11.3 Å². The van der Waals surface area contributed by atoms with E-state index in [0.29, 0.717) is 0 Å². The Morgan fingerprint density at radius 2 is 1.64 bits per heavy atom. The minimum Gasteiger partial charge on any atom is -0.369 e. The second kappa shape index (κ2) is 7.35. The average molecular weight is 356 g/mol. The first-order valence-electron chi connectivity index (χ1n) is 9.43. The fourth-order valence-corrected chi connectivity index (χ4v) is 4.08. The summed E-state index contributed by atoms with van der Waals surface area (Å²) in [6.45, 7) is 4.47. The molecule has 1 saturated heterocycles. The topological polar surface area (TPSA) is 19.4 Å². The highest BCUT2D eigenvalue weighted by molar-refractivity contribution is 6.30. The molecule has 0 saturated carbocycles. The van der Waals surface area contributed by atoms with E-state index in [-0.39, 0.29) is 0 Å². The van der Waals surface area contributed by atoms with Gasteiger partial charge < -0.3 is 9.80 Å². The van der Waals surface area contributed by atoms with E-state index in [1.807, 2.05) is 12.1 Å². The predicted octanol–water partition coefficient (Wildman–Crippen LogP) is 4.42. The lowest BCUT2D eigenvalue weighted by atomic mass is 10.0. The zero-order valence-electron chi connectivity index (χ0n) is 15.0. The average Bonchev–Trinajstić information content (AvgIpc) is 2.88. The Balaban J connectivity index is 1.77. The highest BCUT2D eigenvalue weighted by atomic mass is 35.5. The summed E-state index contributed by atoms with van der Waals surface area (Å²) in [5.74, 6) is 0. The Labute approximate surface area is 155 Å². The van der Waals surface area contributed by atoms with E-state index in [1.165, 1.54) is 42.6 Å². The molecule has 0 amide bonds. The highest BCUT2D eigenvalue weighted by Crippen LogP contribution is 2.33. The number of rotatable bonds is 2. The third-order valence-electron chi connectivity index (χ3n) is 5.51. The van der Waals surface area contributed by atoms with Crippen molar-refractivity contribution in [1.82, 2.24) is 9.88 Å². The van der Waals surface area contributed by atoms with Crippen LogP contribution in [0.4, 0.5) is 5.69 Å². The summed E-state index contributed by atoms with van der Waals surface area (Å²) in [6.07, 6.45) is 6.14. The summed E-state index contributed by atoms with van der Waals surface area (Å²) in [4.78, 5) is 10.1. The summed E-state index contributed by atoms with van der Waals surface area (Å²) in [5.41, 5.74) is 6.49. The number of piperazine rings is 1. The number of pyridine rings is 1. The van der Waals surface area contributed by atoms with E-state index in [9.17, 15) is 0 Å². The maximum absolute atomic E-state index is 6.07. The Morgan fingerprint density at radius 1 is 0.920 bits per heavy atom. The first-order valence-corrected chi connectivity index (χ1v) is 9.81. The Morgan fingerprint density at radius 3 is 2.40 bits per heavy atom. The number of benzene rings is 1. The van der Waals surface area contributed by atoms with Gasteiger partial charge in [0.1, 0.15) is 0 Å². The molecule has 1 fully saturated rings. The van der Waals surface area contributed by atoms with Crippen LogP contribution in [0, 0.1) is 0 Å². The molecule has 4 rings (SSSR count). The molecule has 2 heterocycles. The van der Waals surface area contributed by atoms with Crippen molar-refractivity contribution in [2.45, 2.75) is 32.1 Å². The second-order valence-electron chi connectivity index (χ2n) is 7.31. The molecule has 1 aromatic heterocycles. The SMILES string of the molecule is CN1CCN(c2cc(-c3ccc(Cl)cc3)nc3c2CCCCC3)CC1. The molecule has 0 N–H and O–H groups in total. The number of aryl methyl sites for hydroxylation is 1. The number of hydrogen-bond donors (Lipinski definition) is 0. The number of fused-ring (bicyclic) bond motifs is 1. The predicted molar refractivity (Wildman–Crippen MR) is 106 cm³/mol. The van der Waals surface area contributed by atoms with E-state index >= 15 is 0 Å². The van der Waals surface area contributed by atoms with Gasteiger partial charge in [0.15, 0.2) is 0 Å². The number of likely N-dealkylation sites (N-methyl/N-ethyl adjacent to an activating group) is 1. The lowest BCUT2D eigenvalue weighted by molar-refractivity contribution is 0.312. The van der Waals surface area contributed by atoms with Gasteiger partial charge in [0, 0.05) is 48.1 Å². The van der Waals surface area contributed by atoms with Gasteiger partial charge >= 0.3 is 0 Å². The van der Waals surface area contributed by atoms with Crippen LogP contribution in [0.5, 0.6) is 0 Å². The summed E-state index contributed by atoms with van der Waals surface area (Å²) < 4.78 is 0. The van der Waals surface area contributed by atoms with Gasteiger partial charge in [0.25, 0.3) is 0 Å². The van der Waals surface area contributed by atoms with Gasteiger partial charge in [-0.3, -0.25) is 4.98 Å². The molecule has 1 aromatic carbocycles. The zero-order valence-corrected chi connectivity index (χ0v) is 15.7. The van der Waals surface area contributed by atoms with Crippen LogP contribution in [0.15, 0.2) is 30.3 Å². The van der Waals surface area contributed by atoms with Gasteiger partial charge in [0.05, 0.1) is 5.69 Å². The standard InChI is InChI=1S/C21H26ClN3/c1-24-11-13-25(14-12-24)21-15-20(16-7-9-17(22)10-8-16)23-19-6-4-2-3-5-18(19)21/h7-10,15H,2-6,11-14H2,1H3. The van der Waals surface area contributed by atoms with Gasteiger partial charge in [0.2, 0.25) is 0 Å². The Bertz CT molecular complexity index is 734. The fraction of sp³-hybridized carbons (Fsp3) is 0.476. The van der Waals surface area contributed by atoms with Gasteiger partial charge in [-0.15, -0.1) is 0 Å². The molecule has 2 aromatic rings. The lowest BCUT2D eigenvalue weighted by Crippen LogP contribution is -2.45. The van der Waals surface area contributed by atoms with Crippen molar-refractivity contribution in [2.75, 3.05) is 38.1 Å². The molecule has 0 radical (unpaired) electrons. The minimum absolute atomic E-state index is 0.776. The third kappa shape index (κ3) is 3.68. The number of hydrogen-bond acceptors (Lipinski definition) is 3. The van der Waals surface area contributed by atoms with Crippen LogP contribution in [0.25, 0.3) is 11.3 Å². The van der Waals surface area contributed by atoms with Crippen LogP contribution >= 0.6 is 11.6 Å². The van der Waals surface area contributed by atoms with Crippen molar-refractivity contribution >= 4 is 17.3 Å². The van der Waals surface area contributed by atoms with Crippen LogP contribution in [0.1, 0.15) is 30.5 Å². The number of anilines is 1. The monoisotopic (exact) mass is 355 g/mol. The third-order valence-corrected chi connectivity index (χ3v) is 5.76. The van der Waals surface area contributed by atoms with E-state index in [0.717, 1.165) is 48.9 Å². The van der Waals surface area contributed by atoms with Crippen molar-refractivity contribution < 1.29 is 0 Å². The van der Waals surface area contributed by atoms with Gasteiger partial charge in [-0.1, -0.05) is 30.2 Å². The first-order chi connectivity index (χ1) is 12.2. The quantitative estimate of drug-likeness (QED) is 0.743. The van der Waals surface area contributed by atoms with E-state index in [4.69, 9.17) is 16.6 Å². The maximum Gasteiger partial charge on any atom is 0.0726 e. The van der Waals surface area contributed by atoms with Crippen LogP contribution < -0.4 is 4.90 Å². The largest absolute Gasteiger partial charge is 0.369 e. The minimum atomic E-state index is 0.776. The van der Waals surface area contributed by atoms with E-state index in [1.54, 1.807) is 0 Å². The molecule has 0 atom stereocenters. The number of halogens is 1. The van der Waals surface area contributed by atoms with Gasteiger partial charge in [-0.2, -0.15) is 0 Å². The lowest BCUT2D eigenvalue weighted by Gasteiger charge is -2.35. The van der Waals surface area contributed by atoms with Crippen molar-refractivity contribution in [1.29, 1.82) is 0 Å². The molecule has 0 unspecified atom stereocenters. The summed E-state index contributed by atoms with van der Waals surface area (Å²) in [6, 6.07) is 10.4. The smallest absolute Gasteiger partial charge is 0.0726 e. The Hall–Kier alpha value is -1.58. The molecule has 2 aliphatic rings. The van der Waals surface area contributed by atoms with Crippen LogP contribution in [-0.4, -0.2) is 43.1 Å². The van der Waals surface area contributed by atoms with Crippen LogP contribution in [-0.2, 0) is 12.8 Å². The molecule has 132 valence electrons. The highest BCUT2D eigenvalue weighted by Gasteiger charge is 2.22. The van der Waals surface area contributed by atoms with Crippen molar-refractivity contribution in [2.24, 2.45) is 0 Å². The molecular formula is C21H26ClN3. The number of nitrogens with zero attached hydrogens (tertiary/aromatic N) is 3. The van der Waals surface area contributed by atoms with Gasteiger partial charge in [-0.05, 0) is 56.5 Å². The summed E-state index contributed by atoms with van der Waals surface area (Å²) >= 11 is 6.07. The molecule has 1 aliphatic heterocycles. The molecule has 0 spiro atoms. The van der Waals surface area contributed by atoms with Gasteiger partial charge in [-0.25, -0.2) is 0 Å². The molecular weight excluding hydrogens is 330 g/mol. The van der Waals surface area contributed by atoms with Crippen molar-refractivity contribution in [3.05, 3.63) is 46.6 Å². The normalized spacial score (nSPS) is 18.7. The van der Waals surface area contributed by atoms with E-state index < -0.39 is 0 Å². The molecule has 3 nitrogen and oxygen atoms in total. The number of aromatic nitrogens is 1. The molecule has 0 bridgehead atoms. The second-order valence-corrected chi connectivity index (χ2v) is 7.75. The first kappa shape index (κ1) is 16.9. The Kier molecular flexibility index (Phi) is 4.96. The summed E-state index contributed by atoms with van der Waals surface area (Å²) in [7, 11) is 2.21. The summed E-state index contributed by atoms with van der Waals surface area (Å²) in [5, 5.41) is 0.776. The molecule has 4 heteroatoms. The van der Waals surface area contributed by atoms with Crippen LogP contribution in [0.3, 0.4) is 0 Å².